The number of carboxylic acid groups (broad SMARTS) is 1. The highest BCUT2D eigenvalue weighted by Gasteiger charge is 2.26. The van der Waals surface area contributed by atoms with E-state index in [0.29, 0.717) is 12.0 Å². The lowest BCUT2D eigenvalue weighted by atomic mass is 10.2. The summed E-state index contributed by atoms with van der Waals surface area (Å²) in [5, 5.41) is 8.79. The van der Waals surface area contributed by atoms with Gasteiger partial charge in [0, 0.05) is 6.20 Å². The van der Waals surface area contributed by atoms with Gasteiger partial charge < -0.3 is 9.84 Å². The Bertz CT molecular complexity index is 412. The molecule has 1 aliphatic rings. The molecule has 1 saturated carbocycles. The molecule has 0 aromatic carbocycles. The predicted octanol–water partition coefficient (Wildman–Crippen LogP) is 1.13. The lowest BCUT2D eigenvalue weighted by molar-refractivity contribution is 0.0686. The molecule has 1 aromatic heterocycles. The van der Waals surface area contributed by atoms with Gasteiger partial charge in [-0.25, -0.2) is 9.78 Å². The van der Waals surface area contributed by atoms with Crippen LogP contribution in [0.15, 0.2) is 12.3 Å². The van der Waals surface area contributed by atoms with Crippen LogP contribution >= 0.6 is 0 Å². The van der Waals surface area contributed by atoms with Crippen LogP contribution in [0.4, 0.5) is 0 Å². The minimum absolute atomic E-state index is 0.0110. The second kappa shape index (κ2) is 3.68. The Kier molecular flexibility index (Phi) is 2.37. The Morgan fingerprint density at radius 2 is 2.33 bits per heavy atom. The van der Waals surface area contributed by atoms with Crippen LogP contribution in [0.3, 0.4) is 0 Å². The Balaban J connectivity index is 2.38. The number of aromatic nitrogens is 1. The third-order valence-corrected chi connectivity index (χ3v) is 2.09. The topological polar surface area (TPSA) is 76.5 Å². The molecule has 0 radical (unpaired) electrons. The van der Waals surface area contributed by atoms with Gasteiger partial charge in [0.05, 0.1) is 11.7 Å². The van der Waals surface area contributed by atoms with Crippen LogP contribution in [0, 0.1) is 0 Å². The van der Waals surface area contributed by atoms with E-state index in [1.807, 2.05) is 0 Å². The maximum absolute atomic E-state index is 10.8. The van der Waals surface area contributed by atoms with Crippen molar-refractivity contribution in [1.82, 2.24) is 4.98 Å². The van der Waals surface area contributed by atoms with Crippen molar-refractivity contribution in [3.63, 3.8) is 0 Å². The van der Waals surface area contributed by atoms with Crippen molar-refractivity contribution in [2.75, 3.05) is 0 Å². The maximum atomic E-state index is 10.8. The lowest BCUT2D eigenvalue weighted by Crippen LogP contribution is -2.08. The number of rotatable bonds is 4. The number of pyridine rings is 1. The van der Waals surface area contributed by atoms with Crippen molar-refractivity contribution in [3.8, 4) is 5.75 Å². The molecule has 0 aliphatic heterocycles. The number of carbonyl (C=O) groups is 2. The molecule has 15 heavy (non-hydrogen) atoms. The van der Waals surface area contributed by atoms with Crippen LogP contribution in [0.25, 0.3) is 0 Å². The van der Waals surface area contributed by atoms with Crippen molar-refractivity contribution < 1.29 is 19.4 Å². The van der Waals surface area contributed by atoms with E-state index in [0.717, 1.165) is 12.8 Å². The zero-order chi connectivity index (χ0) is 10.8. The Hall–Kier alpha value is -1.91. The summed E-state index contributed by atoms with van der Waals surface area (Å²) in [6, 6.07) is 1.51. The van der Waals surface area contributed by atoms with Gasteiger partial charge in [-0.1, -0.05) is 0 Å². The molecule has 5 heteroatoms. The fraction of sp³-hybridized carbons (Fsp3) is 0.300. The van der Waals surface area contributed by atoms with Crippen LogP contribution in [-0.4, -0.2) is 28.4 Å². The number of aldehydes is 1. The van der Waals surface area contributed by atoms with Crippen molar-refractivity contribution >= 4 is 12.3 Å². The van der Waals surface area contributed by atoms with Gasteiger partial charge in [0.2, 0.25) is 0 Å². The van der Waals surface area contributed by atoms with E-state index in [1.165, 1.54) is 12.3 Å². The van der Waals surface area contributed by atoms with Crippen molar-refractivity contribution in [1.29, 1.82) is 0 Å². The minimum Gasteiger partial charge on any atom is -0.490 e. The quantitative estimate of drug-likeness (QED) is 0.749. The average Bonchev–Trinajstić information content (AvgIpc) is 3.01. The predicted molar refractivity (Wildman–Crippen MR) is 50.2 cm³/mol. The Labute approximate surface area is 85.7 Å². The Morgan fingerprint density at radius 1 is 1.60 bits per heavy atom. The van der Waals surface area contributed by atoms with Gasteiger partial charge in [-0.2, -0.15) is 0 Å². The molecule has 2 rings (SSSR count). The van der Waals surface area contributed by atoms with E-state index < -0.39 is 5.97 Å². The van der Waals surface area contributed by atoms with E-state index >= 15 is 0 Å². The number of nitrogens with zero attached hydrogens (tertiary/aromatic N) is 1. The molecule has 1 aliphatic carbocycles. The molecular formula is C10H9NO4. The van der Waals surface area contributed by atoms with Gasteiger partial charge in [-0.3, -0.25) is 4.79 Å². The summed E-state index contributed by atoms with van der Waals surface area (Å²) in [5.41, 5.74) is -0.250. The standard InChI is InChI=1S/C10H9NO4/c12-5-7-8(15-6-1-2-6)3-4-11-9(7)10(13)14/h3-6H,1-2H2,(H,13,14). The Morgan fingerprint density at radius 3 is 2.87 bits per heavy atom. The molecule has 78 valence electrons. The fourth-order valence-electron chi connectivity index (χ4n) is 1.21. The summed E-state index contributed by atoms with van der Waals surface area (Å²) >= 11 is 0. The fourth-order valence-corrected chi connectivity index (χ4v) is 1.21. The first-order valence-electron chi connectivity index (χ1n) is 4.56. The number of hydrogen-bond donors (Lipinski definition) is 1. The summed E-state index contributed by atoms with van der Waals surface area (Å²) in [7, 11) is 0. The highest BCUT2D eigenvalue weighted by Crippen LogP contribution is 2.29. The van der Waals surface area contributed by atoms with Gasteiger partial charge in [0.15, 0.2) is 12.0 Å². The van der Waals surface area contributed by atoms with E-state index in [9.17, 15) is 9.59 Å². The molecule has 0 unspecified atom stereocenters. The number of hydrogen-bond acceptors (Lipinski definition) is 4. The summed E-state index contributed by atoms with van der Waals surface area (Å²) in [6.45, 7) is 0. The second-order valence-electron chi connectivity index (χ2n) is 3.31. The van der Waals surface area contributed by atoms with Gasteiger partial charge in [-0.15, -0.1) is 0 Å². The number of carbonyl (C=O) groups excluding carboxylic acids is 1. The van der Waals surface area contributed by atoms with E-state index in [1.54, 1.807) is 0 Å². The van der Waals surface area contributed by atoms with Crippen LogP contribution in [0.5, 0.6) is 5.75 Å². The van der Waals surface area contributed by atoms with Gasteiger partial charge >= 0.3 is 5.97 Å². The third-order valence-electron chi connectivity index (χ3n) is 2.09. The van der Waals surface area contributed by atoms with Gasteiger partial charge in [-0.05, 0) is 18.9 Å². The summed E-state index contributed by atoms with van der Waals surface area (Å²) in [5.74, 6) is -0.918. The van der Waals surface area contributed by atoms with Gasteiger partial charge in [0.25, 0.3) is 0 Å². The zero-order valence-corrected chi connectivity index (χ0v) is 7.84. The molecule has 0 atom stereocenters. The first-order valence-corrected chi connectivity index (χ1v) is 4.56. The number of aromatic carboxylic acids is 1. The van der Waals surface area contributed by atoms with Crippen molar-refractivity contribution in [2.24, 2.45) is 0 Å². The van der Waals surface area contributed by atoms with E-state index in [2.05, 4.69) is 4.98 Å². The molecule has 5 nitrogen and oxygen atoms in total. The molecule has 0 spiro atoms. The largest absolute Gasteiger partial charge is 0.490 e. The van der Waals surface area contributed by atoms with E-state index in [-0.39, 0.29) is 17.4 Å². The summed E-state index contributed by atoms with van der Waals surface area (Å²) in [6.07, 6.45) is 3.81. The smallest absolute Gasteiger partial charge is 0.355 e. The SMILES string of the molecule is O=Cc1c(OC2CC2)ccnc1C(=O)O. The highest BCUT2D eigenvalue weighted by atomic mass is 16.5. The molecule has 0 saturated heterocycles. The molecule has 0 bridgehead atoms. The normalized spacial score (nSPS) is 14.7. The van der Waals surface area contributed by atoms with Crippen LogP contribution in [0.1, 0.15) is 33.7 Å². The molecule has 1 fully saturated rings. The molecule has 1 N–H and O–H groups in total. The van der Waals surface area contributed by atoms with Gasteiger partial charge in [0.1, 0.15) is 5.75 Å². The van der Waals surface area contributed by atoms with Crippen LogP contribution in [-0.2, 0) is 0 Å². The van der Waals surface area contributed by atoms with Crippen LogP contribution < -0.4 is 4.74 Å². The zero-order valence-electron chi connectivity index (χ0n) is 7.84. The number of carboxylic acids is 1. The minimum atomic E-state index is -1.22. The number of ether oxygens (including phenoxy) is 1. The first kappa shape index (κ1) is 9.64. The summed E-state index contributed by atoms with van der Waals surface area (Å²) < 4.78 is 5.40. The van der Waals surface area contributed by atoms with Crippen LogP contribution in [0.2, 0.25) is 0 Å². The molecule has 0 amide bonds. The lowest BCUT2D eigenvalue weighted by Gasteiger charge is -2.07. The maximum Gasteiger partial charge on any atom is 0.355 e. The van der Waals surface area contributed by atoms with Crippen molar-refractivity contribution in [3.05, 3.63) is 23.5 Å². The third kappa shape index (κ3) is 1.96. The molecule has 1 heterocycles. The summed E-state index contributed by atoms with van der Waals surface area (Å²) in [4.78, 5) is 25.2. The molecular weight excluding hydrogens is 198 g/mol. The van der Waals surface area contributed by atoms with E-state index in [4.69, 9.17) is 9.84 Å². The average molecular weight is 207 g/mol. The highest BCUT2D eigenvalue weighted by molar-refractivity contribution is 5.97. The first-order chi connectivity index (χ1) is 7.22. The van der Waals surface area contributed by atoms with Crippen molar-refractivity contribution in [2.45, 2.75) is 18.9 Å². The second-order valence-corrected chi connectivity index (χ2v) is 3.31. The monoisotopic (exact) mass is 207 g/mol. The molecule has 1 aromatic rings.